The average molecular weight is 310 g/mol. The Kier molecular flexibility index (Phi) is 4.72. The zero-order valence-corrected chi connectivity index (χ0v) is 12.6. The molecule has 1 aliphatic carbocycles. The van der Waals surface area contributed by atoms with Crippen LogP contribution in [-0.4, -0.2) is 23.8 Å². The van der Waals surface area contributed by atoms with Crippen LogP contribution >= 0.6 is 11.8 Å². The van der Waals surface area contributed by atoms with Crippen molar-refractivity contribution < 1.29 is 14.5 Å². The normalized spacial score (nSPS) is 15.5. The molecule has 21 heavy (non-hydrogen) atoms. The van der Waals surface area contributed by atoms with Gasteiger partial charge in [0.1, 0.15) is 5.69 Å². The van der Waals surface area contributed by atoms with E-state index >= 15 is 0 Å². The first-order chi connectivity index (χ1) is 9.97. The van der Waals surface area contributed by atoms with Gasteiger partial charge < -0.3 is 10.5 Å². The molecule has 0 atom stereocenters. The number of carbonyl (C=O) groups is 1. The SMILES string of the molecule is COC(=O)CC1(CSCc2cccc([N+](=O)[O-])c2N)CC1. The minimum atomic E-state index is -0.469. The highest BCUT2D eigenvalue weighted by Gasteiger charge is 2.44. The second kappa shape index (κ2) is 6.34. The quantitative estimate of drug-likeness (QED) is 0.360. The van der Waals surface area contributed by atoms with E-state index in [1.54, 1.807) is 23.9 Å². The van der Waals surface area contributed by atoms with Crippen molar-refractivity contribution in [3.8, 4) is 0 Å². The lowest BCUT2D eigenvalue weighted by Crippen LogP contribution is -2.13. The van der Waals surface area contributed by atoms with E-state index in [9.17, 15) is 14.9 Å². The largest absolute Gasteiger partial charge is 0.469 e. The number of nitro benzene ring substituents is 1. The molecule has 0 unspecified atom stereocenters. The minimum Gasteiger partial charge on any atom is -0.469 e. The van der Waals surface area contributed by atoms with Crippen LogP contribution < -0.4 is 5.73 Å². The number of nitro groups is 1. The lowest BCUT2D eigenvalue weighted by Gasteiger charge is -2.13. The summed E-state index contributed by atoms with van der Waals surface area (Å²) in [5, 5.41) is 10.8. The van der Waals surface area contributed by atoms with Crippen molar-refractivity contribution in [3.63, 3.8) is 0 Å². The van der Waals surface area contributed by atoms with Crippen LogP contribution in [0, 0.1) is 15.5 Å². The molecule has 1 saturated carbocycles. The van der Waals surface area contributed by atoms with E-state index in [4.69, 9.17) is 10.5 Å². The second-order valence-corrected chi connectivity index (χ2v) is 6.34. The van der Waals surface area contributed by atoms with Crippen molar-refractivity contribution >= 4 is 29.1 Å². The number of benzene rings is 1. The van der Waals surface area contributed by atoms with Crippen molar-refractivity contribution in [2.45, 2.75) is 25.0 Å². The number of para-hydroxylation sites is 1. The van der Waals surface area contributed by atoms with E-state index in [1.165, 1.54) is 13.2 Å². The Morgan fingerprint density at radius 2 is 2.24 bits per heavy atom. The number of rotatable bonds is 7. The number of hydrogen-bond acceptors (Lipinski definition) is 6. The van der Waals surface area contributed by atoms with Crippen molar-refractivity contribution in [2.75, 3.05) is 18.6 Å². The third-order valence-electron chi connectivity index (χ3n) is 3.74. The van der Waals surface area contributed by atoms with E-state index < -0.39 is 4.92 Å². The molecule has 0 heterocycles. The summed E-state index contributed by atoms with van der Waals surface area (Å²) in [7, 11) is 1.40. The minimum absolute atomic E-state index is 0.0488. The van der Waals surface area contributed by atoms with Gasteiger partial charge in [-0.15, -0.1) is 0 Å². The summed E-state index contributed by atoms with van der Waals surface area (Å²) in [5.41, 5.74) is 6.82. The predicted molar refractivity (Wildman–Crippen MR) is 82.0 cm³/mol. The number of anilines is 1. The first kappa shape index (κ1) is 15.6. The zero-order valence-electron chi connectivity index (χ0n) is 11.8. The second-order valence-electron chi connectivity index (χ2n) is 5.35. The van der Waals surface area contributed by atoms with E-state index in [1.807, 2.05) is 0 Å². The van der Waals surface area contributed by atoms with E-state index in [0.717, 1.165) is 24.2 Å². The number of hydrogen-bond donors (Lipinski definition) is 1. The zero-order chi connectivity index (χ0) is 15.5. The summed E-state index contributed by atoms with van der Waals surface area (Å²) >= 11 is 1.65. The van der Waals surface area contributed by atoms with Gasteiger partial charge in [-0.05, 0) is 29.6 Å². The highest BCUT2D eigenvalue weighted by molar-refractivity contribution is 7.98. The maximum atomic E-state index is 11.3. The monoisotopic (exact) mass is 310 g/mol. The molecule has 0 amide bonds. The highest BCUT2D eigenvalue weighted by Crippen LogP contribution is 2.51. The lowest BCUT2D eigenvalue weighted by molar-refractivity contribution is -0.383. The Morgan fingerprint density at radius 1 is 1.52 bits per heavy atom. The Balaban J connectivity index is 1.91. The molecule has 2 N–H and O–H groups in total. The maximum Gasteiger partial charge on any atom is 0.306 e. The molecule has 1 fully saturated rings. The summed E-state index contributed by atoms with van der Waals surface area (Å²) < 4.78 is 4.71. The van der Waals surface area contributed by atoms with Gasteiger partial charge in [0.05, 0.1) is 18.5 Å². The Labute approximate surface area is 127 Å². The predicted octanol–water partition coefficient (Wildman–Crippen LogP) is 2.75. The number of carbonyl (C=O) groups excluding carboxylic acids is 1. The van der Waals surface area contributed by atoms with Crippen LogP contribution in [-0.2, 0) is 15.3 Å². The summed E-state index contributed by atoms with van der Waals surface area (Å²) in [6.07, 6.45) is 2.50. The van der Waals surface area contributed by atoms with Gasteiger partial charge in [-0.2, -0.15) is 11.8 Å². The molecular weight excluding hydrogens is 292 g/mol. The van der Waals surface area contributed by atoms with Gasteiger partial charge in [-0.25, -0.2) is 0 Å². The van der Waals surface area contributed by atoms with Crippen molar-refractivity contribution in [2.24, 2.45) is 5.41 Å². The van der Waals surface area contributed by atoms with Gasteiger partial charge in [-0.1, -0.05) is 12.1 Å². The fourth-order valence-corrected chi connectivity index (χ4v) is 3.59. The molecular formula is C14H18N2O4S. The maximum absolute atomic E-state index is 11.3. The molecule has 6 nitrogen and oxygen atoms in total. The summed E-state index contributed by atoms with van der Waals surface area (Å²) in [6.45, 7) is 0. The van der Waals surface area contributed by atoms with Crippen LogP contribution in [0.1, 0.15) is 24.8 Å². The number of thioether (sulfide) groups is 1. The smallest absolute Gasteiger partial charge is 0.306 e. The van der Waals surface area contributed by atoms with Crippen LogP contribution in [0.4, 0.5) is 11.4 Å². The van der Waals surface area contributed by atoms with E-state index in [0.29, 0.717) is 12.2 Å². The topological polar surface area (TPSA) is 95.5 Å². The Morgan fingerprint density at radius 3 is 2.81 bits per heavy atom. The number of esters is 1. The van der Waals surface area contributed by atoms with Crippen LogP contribution in [0.2, 0.25) is 0 Å². The molecule has 0 bridgehead atoms. The van der Waals surface area contributed by atoms with Crippen molar-refractivity contribution in [1.29, 1.82) is 0 Å². The third-order valence-corrected chi connectivity index (χ3v) is 5.07. The molecule has 0 aromatic heterocycles. The fourth-order valence-electron chi connectivity index (χ4n) is 2.19. The number of nitrogens with zero attached hydrogens (tertiary/aromatic N) is 1. The van der Waals surface area contributed by atoms with Gasteiger partial charge >= 0.3 is 5.97 Å². The first-order valence-electron chi connectivity index (χ1n) is 6.64. The average Bonchev–Trinajstić information content (AvgIpc) is 3.20. The van der Waals surface area contributed by atoms with Crippen LogP contribution in [0.15, 0.2) is 18.2 Å². The molecule has 0 aliphatic heterocycles. The fraction of sp³-hybridized carbons (Fsp3) is 0.500. The molecule has 0 saturated heterocycles. The van der Waals surface area contributed by atoms with E-state index in [-0.39, 0.29) is 22.8 Å². The Hall–Kier alpha value is -1.76. The van der Waals surface area contributed by atoms with Crippen LogP contribution in [0.25, 0.3) is 0 Å². The van der Waals surface area contributed by atoms with Gasteiger partial charge in [0.15, 0.2) is 0 Å². The number of nitrogens with two attached hydrogens (primary N) is 1. The van der Waals surface area contributed by atoms with Gasteiger partial charge in [-0.3, -0.25) is 14.9 Å². The molecule has 2 rings (SSSR count). The summed E-state index contributed by atoms with van der Waals surface area (Å²) in [6, 6.07) is 4.85. The summed E-state index contributed by atoms with van der Waals surface area (Å²) in [5.74, 6) is 1.27. The standard InChI is InChI=1S/C14H18N2O4S/c1-20-12(17)7-14(5-6-14)9-21-8-10-3-2-4-11(13(10)15)16(18)19/h2-4H,5-9,15H2,1H3. The van der Waals surface area contributed by atoms with Gasteiger partial charge in [0.2, 0.25) is 0 Å². The molecule has 0 spiro atoms. The number of nitrogen functional groups attached to an aromatic ring is 1. The Bertz CT molecular complexity index is 558. The van der Waals surface area contributed by atoms with Gasteiger partial charge in [0, 0.05) is 11.8 Å². The number of ether oxygens (including phenoxy) is 1. The van der Waals surface area contributed by atoms with Crippen molar-refractivity contribution in [3.05, 3.63) is 33.9 Å². The number of methoxy groups -OCH3 is 1. The van der Waals surface area contributed by atoms with E-state index in [2.05, 4.69) is 0 Å². The van der Waals surface area contributed by atoms with Crippen LogP contribution in [0.5, 0.6) is 0 Å². The molecule has 0 radical (unpaired) electrons. The molecule has 1 aromatic rings. The summed E-state index contributed by atoms with van der Waals surface area (Å²) in [4.78, 5) is 21.7. The third kappa shape index (κ3) is 3.87. The molecule has 7 heteroatoms. The molecule has 1 aromatic carbocycles. The lowest BCUT2D eigenvalue weighted by atomic mass is 10.1. The molecule has 1 aliphatic rings. The van der Waals surface area contributed by atoms with Gasteiger partial charge in [0.25, 0.3) is 5.69 Å². The molecule has 114 valence electrons. The van der Waals surface area contributed by atoms with Crippen LogP contribution in [0.3, 0.4) is 0 Å². The van der Waals surface area contributed by atoms with Crippen molar-refractivity contribution in [1.82, 2.24) is 0 Å². The first-order valence-corrected chi connectivity index (χ1v) is 7.79. The highest BCUT2D eigenvalue weighted by atomic mass is 32.2.